The van der Waals surface area contributed by atoms with Crippen molar-refractivity contribution in [1.29, 1.82) is 0 Å². The Morgan fingerprint density at radius 1 is 1.47 bits per heavy atom. The molecule has 0 saturated carbocycles. The van der Waals surface area contributed by atoms with Crippen LogP contribution in [0.15, 0.2) is 18.3 Å². The van der Waals surface area contributed by atoms with E-state index in [1.807, 2.05) is 0 Å². The standard InChI is InChI=1S/C12H17N3O3.ClH/c1-2-18-11(16)4-6-15-12(17)9-3-5-14-10(7-9)8-13;/h3,5,7H,2,4,6,8,13H2,1H3,(H,15,17);1H. The first-order valence-corrected chi connectivity index (χ1v) is 5.76. The van der Waals surface area contributed by atoms with E-state index in [1.165, 1.54) is 6.20 Å². The van der Waals surface area contributed by atoms with Gasteiger partial charge in [-0.3, -0.25) is 14.6 Å². The van der Waals surface area contributed by atoms with E-state index in [0.717, 1.165) is 0 Å². The van der Waals surface area contributed by atoms with Crippen molar-refractivity contribution >= 4 is 24.3 Å². The lowest BCUT2D eigenvalue weighted by molar-refractivity contribution is -0.142. The van der Waals surface area contributed by atoms with Gasteiger partial charge in [-0.2, -0.15) is 0 Å². The van der Waals surface area contributed by atoms with Crippen LogP contribution in [0.3, 0.4) is 0 Å². The van der Waals surface area contributed by atoms with Crippen LogP contribution in [0.25, 0.3) is 0 Å². The fourth-order valence-electron chi connectivity index (χ4n) is 1.34. The second kappa shape index (κ2) is 9.29. The molecule has 1 heterocycles. The molecular formula is C12H18ClN3O3. The first-order chi connectivity index (χ1) is 8.67. The Hall–Kier alpha value is -1.66. The van der Waals surface area contributed by atoms with Crippen LogP contribution in [0.4, 0.5) is 0 Å². The van der Waals surface area contributed by atoms with Gasteiger partial charge < -0.3 is 15.8 Å². The van der Waals surface area contributed by atoms with Crippen LogP contribution in [-0.4, -0.2) is 30.0 Å². The van der Waals surface area contributed by atoms with Crippen LogP contribution < -0.4 is 11.1 Å². The van der Waals surface area contributed by atoms with Gasteiger partial charge in [0.1, 0.15) is 0 Å². The third kappa shape index (κ3) is 6.17. The summed E-state index contributed by atoms with van der Waals surface area (Å²) in [5.41, 5.74) is 6.56. The van der Waals surface area contributed by atoms with Gasteiger partial charge in [0.15, 0.2) is 0 Å². The number of carbonyl (C=O) groups is 2. The van der Waals surface area contributed by atoms with Gasteiger partial charge in [0.2, 0.25) is 0 Å². The third-order valence-electron chi connectivity index (χ3n) is 2.21. The number of nitrogens with zero attached hydrogens (tertiary/aromatic N) is 1. The summed E-state index contributed by atoms with van der Waals surface area (Å²) in [5, 5.41) is 2.63. The lowest BCUT2D eigenvalue weighted by atomic mass is 10.2. The summed E-state index contributed by atoms with van der Waals surface area (Å²) in [6.45, 7) is 2.61. The maximum Gasteiger partial charge on any atom is 0.307 e. The Bertz CT molecular complexity index is 426. The van der Waals surface area contributed by atoms with Crippen molar-refractivity contribution in [3.63, 3.8) is 0 Å². The molecule has 0 fully saturated rings. The molecule has 7 heteroatoms. The summed E-state index contributed by atoms with van der Waals surface area (Å²) < 4.78 is 4.75. The minimum atomic E-state index is -0.324. The largest absolute Gasteiger partial charge is 0.466 e. The van der Waals surface area contributed by atoms with Gasteiger partial charge in [-0.1, -0.05) is 0 Å². The van der Waals surface area contributed by atoms with Crippen LogP contribution >= 0.6 is 12.4 Å². The van der Waals surface area contributed by atoms with Crippen molar-refractivity contribution in [2.24, 2.45) is 5.73 Å². The van der Waals surface area contributed by atoms with Gasteiger partial charge in [0.25, 0.3) is 5.91 Å². The maximum absolute atomic E-state index is 11.7. The van der Waals surface area contributed by atoms with Crippen LogP contribution in [0, 0.1) is 0 Å². The molecule has 1 aromatic rings. The van der Waals surface area contributed by atoms with Gasteiger partial charge in [-0.05, 0) is 19.1 Å². The van der Waals surface area contributed by atoms with Crippen LogP contribution in [0.5, 0.6) is 0 Å². The molecule has 0 saturated heterocycles. The zero-order chi connectivity index (χ0) is 13.4. The number of hydrogen-bond donors (Lipinski definition) is 2. The van der Waals surface area contributed by atoms with E-state index in [1.54, 1.807) is 19.1 Å². The lowest BCUT2D eigenvalue weighted by Crippen LogP contribution is -2.26. The molecule has 0 radical (unpaired) electrons. The molecule has 3 N–H and O–H groups in total. The van der Waals surface area contributed by atoms with E-state index in [4.69, 9.17) is 10.5 Å². The number of nitrogens with two attached hydrogens (primary N) is 1. The molecule has 0 atom stereocenters. The average molecular weight is 288 g/mol. The van der Waals surface area contributed by atoms with Crippen molar-refractivity contribution in [3.05, 3.63) is 29.6 Å². The molecule has 1 aromatic heterocycles. The highest BCUT2D eigenvalue weighted by molar-refractivity contribution is 5.94. The summed E-state index contributed by atoms with van der Waals surface area (Å²) in [6, 6.07) is 3.22. The predicted molar refractivity (Wildman–Crippen MR) is 73.0 cm³/mol. The second-order valence-corrected chi connectivity index (χ2v) is 3.55. The van der Waals surface area contributed by atoms with Crippen LogP contribution in [0.2, 0.25) is 0 Å². The number of pyridine rings is 1. The molecule has 0 aliphatic heterocycles. The van der Waals surface area contributed by atoms with Gasteiger partial charge in [0.05, 0.1) is 18.7 Å². The number of carbonyl (C=O) groups excluding carboxylic acids is 2. The van der Waals surface area contributed by atoms with Crippen molar-refractivity contribution in [2.45, 2.75) is 19.9 Å². The number of rotatable bonds is 6. The molecule has 6 nitrogen and oxygen atoms in total. The molecule has 106 valence electrons. The van der Waals surface area contributed by atoms with Gasteiger partial charge in [0, 0.05) is 24.8 Å². The third-order valence-corrected chi connectivity index (χ3v) is 2.21. The number of nitrogens with one attached hydrogen (secondary N) is 1. The van der Waals surface area contributed by atoms with Crippen molar-refractivity contribution in [1.82, 2.24) is 10.3 Å². The minimum absolute atomic E-state index is 0. The number of halogens is 1. The smallest absolute Gasteiger partial charge is 0.307 e. The molecule has 0 aromatic carbocycles. The first kappa shape index (κ1) is 17.3. The zero-order valence-electron chi connectivity index (χ0n) is 10.7. The monoisotopic (exact) mass is 287 g/mol. The number of esters is 1. The zero-order valence-corrected chi connectivity index (χ0v) is 11.5. The van der Waals surface area contributed by atoms with Gasteiger partial charge >= 0.3 is 5.97 Å². The number of amides is 1. The highest BCUT2D eigenvalue weighted by atomic mass is 35.5. The highest BCUT2D eigenvalue weighted by Gasteiger charge is 2.07. The summed E-state index contributed by atoms with van der Waals surface area (Å²) in [6.07, 6.45) is 1.69. The SMILES string of the molecule is CCOC(=O)CCNC(=O)c1ccnc(CN)c1.Cl. The molecule has 0 spiro atoms. The Labute approximate surface area is 118 Å². The van der Waals surface area contributed by atoms with Crippen molar-refractivity contribution in [3.8, 4) is 0 Å². The van der Waals surface area contributed by atoms with Gasteiger partial charge in [-0.15, -0.1) is 12.4 Å². The number of aromatic nitrogens is 1. The van der Waals surface area contributed by atoms with Crippen molar-refractivity contribution < 1.29 is 14.3 Å². The summed E-state index contributed by atoms with van der Waals surface area (Å²) in [5.74, 6) is -0.577. The van der Waals surface area contributed by atoms with Gasteiger partial charge in [-0.25, -0.2) is 0 Å². The minimum Gasteiger partial charge on any atom is -0.466 e. The fraction of sp³-hybridized carbons (Fsp3) is 0.417. The van der Waals surface area contributed by atoms with E-state index in [2.05, 4.69) is 10.3 Å². The Balaban J connectivity index is 0.00000324. The molecule has 19 heavy (non-hydrogen) atoms. The molecule has 0 aliphatic rings. The summed E-state index contributed by atoms with van der Waals surface area (Å²) in [7, 11) is 0. The molecule has 1 amide bonds. The first-order valence-electron chi connectivity index (χ1n) is 5.76. The van der Waals surface area contributed by atoms with Crippen LogP contribution in [0.1, 0.15) is 29.4 Å². The van der Waals surface area contributed by atoms with Crippen molar-refractivity contribution in [2.75, 3.05) is 13.2 Å². The predicted octanol–water partition coefficient (Wildman–Crippen LogP) is 0.645. The fourth-order valence-corrected chi connectivity index (χ4v) is 1.34. The topological polar surface area (TPSA) is 94.3 Å². The maximum atomic E-state index is 11.7. The Morgan fingerprint density at radius 3 is 2.84 bits per heavy atom. The second-order valence-electron chi connectivity index (χ2n) is 3.55. The quantitative estimate of drug-likeness (QED) is 0.749. The summed E-state index contributed by atoms with van der Waals surface area (Å²) >= 11 is 0. The number of hydrogen-bond acceptors (Lipinski definition) is 5. The number of ether oxygens (including phenoxy) is 1. The van der Waals surface area contributed by atoms with E-state index in [-0.39, 0.29) is 43.8 Å². The van der Waals surface area contributed by atoms with E-state index in [9.17, 15) is 9.59 Å². The lowest BCUT2D eigenvalue weighted by Gasteiger charge is -2.05. The van der Waals surface area contributed by atoms with Crippen LogP contribution in [-0.2, 0) is 16.1 Å². The van der Waals surface area contributed by atoms with E-state index < -0.39 is 0 Å². The molecule has 0 unspecified atom stereocenters. The molecule has 0 bridgehead atoms. The normalized spacial score (nSPS) is 9.37. The molecular weight excluding hydrogens is 270 g/mol. The summed E-state index contributed by atoms with van der Waals surface area (Å²) in [4.78, 5) is 26.8. The molecule has 1 rings (SSSR count). The Kier molecular flexibility index (Phi) is 8.48. The molecule has 0 aliphatic carbocycles. The Morgan fingerprint density at radius 2 is 2.21 bits per heavy atom. The average Bonchev–Trinajstić information content (AvgIpc) is 2.39. The van der Waals surface area contributed by atoms with E-state index >= 15 is 0 Å². The highest BCUT2D eigenvalue weighted by Crippen LogP contribution is 2.01. The van der Waals surface area contributed by atoms with E-state index in [0.29, 0.717) is 17.9 Å².